The van der Waals surface area contributed by atoms with Gasteiger partial charge in [-0.2, -0.15) is 0 Å². The van der Waals surface area contributed by atoms with Crippen LogP contribution in [0, 0.1) is 5.92 Å². The quantitative estimate of drug-likeness (QED) is 0.246. The Kier molecular flexibility index (Phi) is 6.21. The summed E-state index contributed by atoms with van der Waals surface area (Å²) in [6.07, 6.45) is 5.83. The SMILES string of the molecule is CCCc1ccc(C(=O)[C@@H]2[C@H](C(=O)c3cccs3)N3c4ccc(Cl)cc4C=C[C@@H]3[C@@]23C(=O)Nc2ccccc23)cc1. The summed E-state index contributed by atoms with van der Waals surface area (Å²) >= 11 is 7.72. The highest BCUT2D eigenvalue weighted by molar-refractivity contribution is 7.12. The number of halogens is 1. The number of nitrogens with zero attached hydrogens (tertiary/aromatic N) is 1. The summed E-state index contributed by atoms with van der Waals surface area (Å²) in [5.74, 6) is -1.63. The van der Waals surface area contributed by atoms with Gasteiger partial charge in [0.2, 0.25) is 5.91 Å². The van der Waals surface area contributed by atoms with Crippen molar-refractivity contribution in [2.24, 2.45) is 5.92 Å². The van der Waals surface area contributed by atoms with Crippen molar-refractivity contribution in [3.8, 4) is 0 Å². The first-order chi connectivity index (χ1) is 19.9. The molecule has 0 aliphatic carbocycles. The van der Waals surface area contributed by atoms with Crippen LogP contribution in [-0.4, -0.2) is 29.6 Å². The number of amides is 1. The molecule has 0 saturated carbocycles. The highest BCUT2D eigenvalue weighted by Gasteiger charge is 2.70. The molecule has 7 rings (SSSR count). The van der Waals surface area contributed by atoms with E-state index in [0.29, 0.717) is 21.2 Å². The van der Waals surface area contributed by atoms with E-state index in [2.05, 4.69) is 12.2 Å². The third-order valence-electron chi connectivity index (χ3n) is 8.69. The second-order valence-electron chi connectivity index (χ2n) is 10.9. The fraction of sp³-hybridized carbons (Fsp3) is 0.206. The summed E-state index contributed by atoms with van der Waals surface area (Å²) < 4.78 is 0. The van der Waals surface area contributed by atoms with E-state index in [1.165, 1.54) is 11.3 Å². The minimum absolute atomic E-state index is 0.170. The fourth-order valence-electron chi connectivity index (χ4n) is 7.02. The molecule has 1 N–H and O–H groups in total. The Labute approximate surface area is 247 Å². The molecule has 7 heteroatoms. The van der Waals surface area contributed by atoms with Crippen LogP contribution in [0.1, 0.15) is 50.1 Å². The number of carbonyl (C=O) groups is 3. The molecule has 0 bridgehead atoms. The van der Waals surface area contributed by atoms with Gasteiger partial charge in [0.05, 0.1) is 16.8 Å². The number of nitrogens with one attached hydrogen (secondary N) is 1. The van der Waals surface area contributed by atoms with E-state index in [1.54, 1.807) is 12.1 Å². The molecule has 4 atom stereocenters. The van der Waals surface area contributed by atoms with Gasteiger partial charge in [-0.15, -0.1) is 11.3 Å². The lowest BCUT2D eigenvalue weighted by Gasteiger charge is -2.37. The van der Waals surface area contributed by atoms with Gasteiger partial charge < -0.3 is 10.2 Å². The lowest BCUT2D eigenvalue weighted by molar-refractivity contribution is -0.121. The van der Waals surface area contributed by atoms with Crippen molar-refractivity contribution in [3.63, 3.8) is 0 Å². The highest BCUT2D eigenvalue weighted by atomic mass is 35.5. The van der Waals surface area contributed by atoms with Crippen LogP contribution in [0.4, 0.5) is 11.4 Å². The minimum Gasteiger partial charge on any atom is -0.352 e. The summed E-state index contributed by atoms with van der Waals surface area (Å²) in [6, 6.07) is 22.9. The molecule has 1 fully saturated rings. The maximum Gasteiger partial charge on any atom is 0.238 e. The summed E-state index contributed by atoms with van der Waals surface area (Å²) in [5.41, 5.74) is 3.36. The predicted octanol–water partition coefficient (Wildman–Crippen LogP) is 7.21. The van der Waals surface area contributed by atoms with Gasteiger partial charge >= 0.3 is 0 Å². The van der Waals surface area contributed by atoms with Crippen molar-refractivity contribution in [2.75, 3.05) is 10.2 Å². The lowest BCUT2D eigenvalue weighted by atomic mass is 9.64. The van der Waals surface area contributed by atoms with Gasteiger partial charge in [-0.05, 0) is 58.8 Å². The van der Waals surface area contributed by atoms with Crippen LogP contribution in [0.3, 0.4) is 0 Å². The van der Waals surface area contributed by atoms with Crippen molar-refractivity contribution in [1.82, 2.24) is 0 Å². The molecular formula is C34H27ClN2O3S. The van der Waals surface area contributed by atoms with Crippen molar-refractivity contribution < 1.29 is 14.4 Å². The van der Waals surface area contributed by atoms with Crippen molar-refractivity contribution >= 4 is 57.9 Å². The van der Waals surface area contributed by atoms with E-state index in [-0.39, 0.29) is 17.5 Å². The van der Waals surface area contributed by atoms with Gasteiger partial charge in [0, 0.05) is 22.0 Å². The van der Waals surface area contributed by atoms with Gasteiger partial charge in [0.25, 0.3) is 0 Å². The van der Waals surface area contributed by atoms with Crippen molar-refractivity contribution in [2.45, 2.75) is 37.3 Å². The highest BCUT2D eigenvalue weighted by Crippen LogP contribution is 2.58. The van der Waals surface area contributed by atoms with Crippen LogP contribution in [0.5, 0.6) is 0 Å². The maximum absolute atomic E-state index is 14.8. The zero-order chi connectivity index (χ0) is 28.3. The number of fused-ring (bicyclic) bond motifs is 6. The zero-order valence-corrected chi connectivity index (χ0v) is 23.9. The smallest absolute Gasteiger partial charge is 0.238 e. The number of aryl methyl sites for hydroxylation is 1. The molecule has 1 spiro atoms. The molecule has 4 heterocycles. The van der Waals surface area contributed by atoms with Crippen LogP contribution in [0.25, 0.3) is 6.08 Å². The standard InChI is InChI=1S/C34H27ClN2O3S/c1-2-6-20-10-12-21(13-11-20)31(38)29-30(32(39)27-9-5-18-41-27)37-26-16-15-23(35)19-22(26)14-17-28(37)34(29)24-7-3-4-8-25(24)36-33(34)40/h3-5,7-19,28-30H,2,6H2,1H3,(H,36,40)/t28-,29+,30-,34-/m1/s1. The third kappa shape index (κ3) is 3.77. The molecule has 1 amide bonds. The first kappa shape index (κ1) is 25.9. The van der Waals surface area contributed by atoms with Gasteiger partial charge in [-0.25, -0.2) is 0 Å². The summed E-state index contributed by atoms with van der Waals surface area (Å²) in [5, 5.41) is 5.51. The van der Waals surface area contributed by atoms with Gasteiger partial charge in [-0.1, -0.05) is 85.6 Å². The summed E-state index contributed by atoms with van der Waals surface area (Å²) in [7, 11) is 0. The third-order valence-corrected chi connectivity index (χ3v) is 9.81. The van der Waals surface area contributed by atoms with Gasteiger partial charge in [-0.3, -0.25) is 14.4 Å². The van der Waals surface area contributed by atoms with Crippen LogP contribution in [0.2, 0.25) is 5.02 Å². The number of thiophene rings is 1. The van der Waals surface area contributed by atoms with Crippen LogP contribution >= 0.6 is 22.9 Å². The van der Waals surface area contributed by atoms with Crippen LogP contribution in [0.15, 0.2) is 90.3 Å². The van der Waals surface area contributed by atoms with E-state index >= 15 is 0 Å². The Morgan fingerprint density at radius 3 is 2.56 bits per heavy atom. The molecule has 3 aliphatic heterocycles. The molecule has 5 nitrogen and oxygen atoms in total. The van der Waals surface area contributed by atoms with Gasteiger partial charge in [0.1, 0.15) is 11.5 Å². The first-order valence-corrected chi connectivity index (χ1v) is 15.1. The average Bonchev–Trinajstić information content (AvgIpc) is 3.70. The van der Waals surface area contributed by atoms with Crippen LogP contribution < -0.4 is 10.2 Å². The first-order valence-electron chi connectivity index (χ1n) is 13.8. The molecule has 1 saturated heterocycles. The second-order valence-corrected chi connectivity index (χ2v) is 12.2. The van der Waals surface area contributed by atoms with Crippen LogP contribution in [-0.2, 0) is 16.6 Å². The lowest BCUT2D eigenvalue weighted by Crippen LogP contribution is -2.51. The van der Waals surface area contributed by atoms with E-state index in [4.69, 9.17) is 11.6 Å². The van der Waals surface area contributed by atoms with Crippen molar-refractivity contribution in [3.05, 3.63) is 122 Å². The van der Waals surface area contributed by atoms with E-state index in [0.717, 1.165) is 35.2 Å². The predicted molar refractivity (Wildman–Crippen MR) is 164 cm³/mol. The average molecular weight is 579 g/mol. The number of hydrogen-bond donors (Lipinski definition) is 1. The van der Waals surface area contributed by atoms with Crippen molar-refractivity contribution in [1.29, 1.82) is 0 Å². The number of anilines is 2. The second kappa shape index (κ2) is 9.82. The normalized spacial score (nSPS) is 23.7. The molecule has 1 aromatic heterocycles. The molecule has 204 valence electrons. The number of hydrogen-bond acceptors (Lipinski definition) is 5. The number of ketones is 2. The molecule has 0 unspecified atom stereocenters. The Morgan fingerprint density at radius 1 is 1.00 bits per heavy atom. The summed E-state index contributed by atoms with van der Waals surface area (Å²) in [4.78, 5) is 46.3. The van der Waals surface area contributed by atoms with Gasteiger partial charge in [0.15, 0.2) is 11.6 Å². The molecule has 4 aromatic rings. The number of rotatable bonds is 6. The maximum atomic E-state index is 14.8. The number of carbonyl (C=O) groups excluding carboxylic acids is 3. The number of Topliss-reactive ketones (excluding diaryl/α,β-unsaturated/α-hetero) is 2. The Bertz CT molecular complexity index is 1730. The topological polar surface area (TPSA) is 66.5 Å². The monoisotopic (exact) mass is 578 g/mol. The number of benzene rings is 3. The molecule has 41 heavy (non-hydrogen) atoms. The molecule has 3 aromatic carbocycles. The summed E-state index contributed by atoms with van der Waals surface area (Å²) in [6.45, 7) is 2.12. The Balaban J connectivity index is 1.50. The van der Waals surface area contributed by atoms with E-state index in [9.17, 15) is 14.4 Å². The zero-order valence-electron chi connectivity index (χ0n) is 22.3. The fourth-order valence-corrected chi connectivity index (χ4v) is 7.90. The Morgan fingerprint density at radius 2 is 1.80 bits per heavy atom. The van der Waals surface area contributed by atoms with E-state index in [1.807, 2.05) is 89.2 Å². The molecule has 3 aliphatic rings. The Hall–Kier alpha value is -4.00. The largest absolute Gasteiger partial charge is 0.352 e. The molecule has 0 radical (unpaired) electrons. The number of para-hydroxylation sites is 1. The van der Waals surface area contributed by atoms with E-state index < -0.39 is 23.4 Å². The molecular weight excluding hydrogens is 552 g/mol. The minimum atomic E-state index is -1.32.